The number of rotatable bonds is 3. The molecule has 2 aliphatic heterocycles. The molecule has 2 heterocycles. The third-order valence-corrected chi connectivity index (χ3v) is 5.53. The van der Waals surface area contributed by atoms with E-state index < -0.39 is 9.84 Å². The van der Waals surface area contributed by atoms with Gasteiger partial charge in [0.05, 0.1) is 11.5 Å². The monoisotopic (exact) mass is 260 g/mol. The van der Waals surface area contributed by atoms with Crippen molar-refractivity contribution in [1.82, 2.24) is 10.2 Å². The summed E-state index contributed by atoms with van der Waals surface area (Å²) in [5, 5.41) is 3.23. The predicted octanol–water partition coefficient (Wildman–Crippen LogP) is -0.368. The summed E-state index contributed by atoms with van der Waals surface area (Å²) in [6.07, 6.45) is 2.18. The molecule has 0 bridgehead atoms. The Balaban J connectivity index is 1.86. The first kappa shape index (κ1) is 12.8. The molecule has 0 aliphatic carbocycles. The van der Waals surface area contributed by atoms with E-state index in [9.17, 15) is 13.2 Å². The standard InChI is InChI=1S/C11H20N2O3S/c1-13(10-3-5-17(15,16)8-10)11(14)6-9-2-4-12-7-9/h9-10,12H,2-8H2,1H3. The molecule has 0 aromatic rings. The number of carbonyl (C=O) groups excluding carboxylic acids is 1. The van der Waals surface area contributed by atoms with Crippen molar-refractivity contribution in [3.05, 3.63) is 0 Å². The van der Waals surface area contributed by atoms with Crippen LogP contribution < -0.4 is 5.32 Å². The molecule has 5 nitrogen and oxygen atoms in total. The Morgan fingerprint density at radius 3 is 2.71 bits per heavy atom. The summed E-state index contributed by atoms with van der Waals surface area (Å²) in [5.41, 5.74) is 0. The van der Waals surface area contributed by atoms with Crippen LogP contribution in [0.4, 0.5) is 0 Å². The molecule has 2 unspecified atom stereocenters. The SMILES string of the molecule is CN(C(=O)CC1CCNC1)C1CCS(=O)(=O)C1. The first-order valence-electron chi connectivity index (χ1n) is 6.15. The molecular weight excluding hydrogens is 240 g/mol. The van der Waals surface area contributed by atoms with Crippen LogP contribution in [-0.2, 0) is 14.6 Å². The largest absolute Gasteiger partial charge is 0.342 e. The molecule has 17 heavy (non-hydrogen) atoms. The van der Waals surface area contributed by atoms with Gasteiger partial charge >= 0.3 is 0 Å². The Labute approximate surface area is 102 Å². The van der Waals surface area contributed by atoms with E-state index in [0.29, 0.717) is 18.8 Å². The molecule has 0 spiro atoms. The molecule has 0 saturated carbocycles. The average molecular weight is 260 g/mol. The molecule has 1 amide bonds. The van der Waals surface area contributed by atoms with Crippen LogP contribution in [-0.4, -0.2) is 56.9 Å². The van der Waals surface area contributed by atoms with Crippen LogP contribution in [0.25, 0.3) is 0 Å². The van der Waals surface area contributed by atoms with Crippen LogP contribution in [0, 0.1) is 5.92 Å². The predicted molar refractivity (Wildman–Crippen MR) is 65.4 cm³/mol. The fraction of sp³-hybridized carbons (Fsp3) is 0.909. The Kier molecular flexibility index (Phi) is 3.73. The highest BCUT2D eigenvalue weighted by Gasteiger charge is 2.33. The normalized spacial score (nSPS) is 31.6. The summed E-state index contributed by atoms with van der Waals surface area (Å²) in [6.45, 7) is 1.89. The Morgan fingerprint density at radius 1 is 1.41 bits per heavy atom. The zero-order valence-electron chi connectivity index (χ0n) is 10.2. The molecule has 1 N–H and O–H groups in total. The molecule has 0 aromatic heterocycles. The molecule has 2 aliphatic rings. The molecule has 2 saturated heterocycles. The third kappa shape index (κ3) is 3.19. The van der Waals surface area contributed by atoms with Crippen molar-refractivity contribution < 1.29 is 13.2 Å². The van der Waals surface area contributed by atoms with E-state index in [1.807, 2.05) is 0 Å². The minimum atomic E-state index is -2.91. The second-order valence-electron chi connectivity index (χ2n) is 5.12. The number of sulfone groups is 1. The van der Waals surface area contributed by atoms with Crippen molar-refractivity contribution in [1.29, 1.82) is 0 Å². The lowest BCUT2D eigenvalue weighted by Gasteiger charge is -2.24. The van der Waals surface area contributed by atoms with E-state index in [2.05, 4.69) is 5.32 Å². The van der Waals surface area contributed by atoms with Gasteiger partial charge in [0.25, 0.3) is 0 Å². The number of nitrogens with one attached hydrogen (secondary N) is 1. The van der Waals surface area contributed by atoms with Gasteiger partial charge in [-0.15, -0.1) is 0 Å². The molecule has 6 heteroatoms. The highest BCUT2D eigenvalue weighted by atomic mass is 32.2. The number of hydrogen-bond donors (Lipinski definition) is 1. The van der Waals surface area contributed by atoms with E-state index >= 15 is 0 Å². The summed E-state index contributed by atoms with van der Waals surface area (Å²) in [4.78, 5) is 13.6. The van der Waals surface area contributed by atoms with Crippen molar-refractivity contribution in [2.45, 2.75) is 25.3 Å². The topological polar surface area (TPSA) is 66.5 Å². The van der Waals surface area contributed by atoms with Gasteiger partial charge in [-0.2, -0.15) is 0 Å². The fourth-order valence-corrected chi connectivity index (χ4v) is 4.34. The molecule has 2 rings (SSSR count). The quantitative estimate of drug-likeness (QED) is 0.752. The summed E-state index contributed by atoms with van der Waals surface area (Å²) in [6, 6.07) is -0.109. The van der Waals surface area contributed by atoms with Gasteiger partial charge in [-0.1, -0.05) is 0 Å². The van der Waals surface area contributed by atoms with Crippen LogP contribution in [0.3, 0.4) is 0 Å². The second-order valence-corrected chi connectivity index (χ2v) is 7.35. The fourth-order valence-electron chi connectivity index (χ4n) is 2.56. The summed E-state index contributed by atoms with van der Waals surface area (Å²) < 4.78 is 22.7. The van der Waals surface area contributed by atoms with E-state index in [0.717, 1.165) is 19.5 Å². The van der Waals surface area contributed by atoms with E-state index in [4.69, 9.17) is 0 Å². The second kappa shape index (κ2) is 4.94. The Morgan fingerprint density at radius 2 is 2.18 bits per heavy atom. The highest BCUT2D eigenvalue weighted by Crippen LogP contribution is 2.19. The molecule has 2 fully saturated rings. The van der Waals surface area contributed by atoms with Crippen LogP contribution in [0.2, 0.25) is 0 Å². The molecule has 98 valence electrons. The number of hydrogen-bond acceptors (Lipinski definition) is 4. The van der Waals surface area contributed by atoms with Gasteiger partial charge in [0, 0.05) is 19.5 Å². The zero-order chi connectivity index (χ0) is 12.5. The lowest BCUT2D eigenvalue weighted by molar-refractivity contribution is -0.132. The summed E-state index contributed by atoms with van der Waals surface area (Å²) >= 11 is 0. The summed E-state index contributed by atoms with van der Waals surface area (Å²) in [5.74, 6) is 0.863. The van der Waals surface area contributed by atoms with Gasteiger partial charge < -0.3 is 10.2 Å². The molecule has 0 radical (unpaired) electrons. The van der Waals surface area contributed by atoms with E-state index in [-0.39, 0.29) is 23.5 Å². The highest BCUT2D eigenvalue weighted by molar-refractivity contribution is 7.91. The maximum atomic E-state index is 12.0. The number of nitrogens with zero attached hydrogens (tertiary/aromatic N) is 1. The number of amides is 1. The lowest BCUT2D eigenvalue weighted by Crippen LogP contribution is -2.38. The van der Waals surface area contributed by atoms with Crippen molar-refractivity contribution in [2.24, 2.45) is 5.92 Å². The van der Waals surface area contributed by atoms with Gasteiger partial charge in [0.15, 0.2) is 9.84 Å². The van der Waals surface area contributed by atoms with Gasteiger partial charge in [-0.3, -0.25) is 4.79 Å². The molecule has 2 atom stereocenters. The van der Waals surface area contributed by atoms with E-state index in [1.165, 1.54) is 0 Å². The summed E-state index contributed by atoms with van der Waals surface area (Å²) in [7, 11) is -1.18. The first-order chi connectivity index (χ1) is 7.98. The van der Waals surface area contributed by atoms with Crippen molar-refractivity contribution in [2.75, 3.05) is 31.6 Å². The third-order valence-electron chi connectivity index (χ3n) is 3.78. The van der Waals surface area contributed by atoms with Gasteiger partial charge in [-0.05, 0) is 31.8 Å². The van der Waals surface area contributed by atoms with Crippen molar-refractivity contribution >= 4 is 15.7 Å². The Hall–Kier alpha value is -0.620. The number of carbonyl (C=O) groups is 1. The van der Waals surface area contributed by atoms with Crippen LogP contribution in [0.5, 0.6) is 0 Å². The minimum absolute atomic E-state index is 0.0841. The smallest absolute Gasteiger partial charge is 0.222 e. The van der Waals surface area contributed by atoms with Gasteiger partial charge in [-0.25, -0.2) is 8.42 Å². The Bertz CT molecular complexity index is 388. The van der Waals surface area contributed by atoms with Crippen LogP contribution in [0.1, 0.15) is 19.3 Å². The zero-order valence-corrected chi connectivity index (χ0v) is 11.0. The average Bonchev–Trinajstić information content (AvgIpc) is 2.86. The maximum absolute atomic E-state index is 12.0. The van der Waals surface area contributed by atoms with Crippen molar-refractivity contribution in [3.63, 3.8) is 0 Å². The van der Waals surface area contributed by atoms with Crippen LogP contribution in [0.15, 0.2) is 0 Å². The first-order valence-corrected chi connectivity index (χ1v) is 7.97. The van der Waals surface area contributed by atoms with Gasteiger partial charge in [0.2, 0.25) is 5.91 Å². The molecule has 0 aromatic carbocycles. The minimum Gasteiger partial charge on any atom is -0.342 e. The van der Waals surface area contributed by atoms with Crippen LogP contribution >= 0.6 is 0 Å². The van der Waals surface area contributed by atoms with E-state index in [1.54, 1.807) is 11.9 Å². The van der Waals surface area contributed by atoms with Crippen molar-refractivity contribution in [3.8, 4) is 0 Å². The van der Waals surface area contributed by atoms with Gasteiger partial charge in [0.1, 0.15) is 0 Å². The molecular formula is C11H20N2O3S. The maximum Gasteiger partial charge on any atom is 0.222 e. The lowest BCUT2D eigenvalue weighted by atomic mass is 10.0.